The average molecular weight is 213 g/mol. The van der Waals surface area contributed by atoms with Gasteiger partial charge in [0, 0.05) is 7.05 Å². The molecule has 0 aliphatic carbocycles. The van der Waals surface area contributed by atoms with Crippen LogP contribution in [-0.2, 0) is 14.3 Å². The van der Waals surface area contributed by atoms with E-state index >= 15 is 0 Å². The smallest absolute Gasteiger partial charge is 0.315 e. The minimum absolute atomic E-state index is 0.217. The highest BCUT2D eigenvalue weighted by molar-refractivity contribution is 7.14. The van der Waals surface area contributed by atoms with Crippen molar-refractivity contribution in [1.82, 2.24) is 0 Å². The normalized spacial score (nSPS) is 9.57. The lowest BCUT2D eigenvalue weighted by Gasteiger charge is -2.13. The van der Waals surface area contributed by atoms with Crippen molar-refractivity contribution in [1.29, 1.82) is 0 Å². The lowest BCUT2D eigenvalue weighted by molar-refractivity contribution is -0.143. The van der Waals surface area contributed by atoms with Gasteiger partial charge in [-0.15, -0.1) is 11.3 Å². The van der Waals surface area contributed by atoms with E-state index in [-0.39, 0.29) is 12.3 Å². The number of anilines is 1. The summed E-state index contributed by atoms with van der Waals surface area (Å²) < 4.78 is 4.41. The second-order valence-electron chi connectivity index (χ2n) is 2.66. The summed E-state index contributed by atoms with van der Waals surface area (Å²) in [4.78, 5) is 23.7. The third-order valence-corrected chi connectivity index (χ3v) is 2.68. The highest BCUT2D eigenvalue weighted by Crippen LogP contribution is 2.20. The fourth-order valence-corrected chi connectivity index (χ4v) is 1.61. The van der Waals surface area contributed by atoms with Crippen molar-refractivity contribution in [2.45, 2.75) is 6.42 Å². The standard InChI is InChI=1S/C9H11NO3S/c1-10(8-4-3-5-14-8)7(11)6-9(12)13-2/h3-5H,6H2,1-2H3. The maximum atomic E-state index is 11.4. The molecule has 0 atom stereocenters. The summed E-state index contributed by atoms with van der Waals surface area (Å²) in [5, 5.41) is 2.69. The van der Waals surface area contributed by atoms with Gasteiger partial charge in [0.1, 0.15) is 6.42 Å². The molecule has 76 valence electrons. The van der Waals surface area contributed by atoms with E-state index in [1.54, 1.807) is 7.05 Å². The molecule has 0 aliphatic heterocycles. The van der Waals surface area contributed by atoms with E-state index in [9.17, 15) is 9.59 Å². The Morgan fingerprint density at radius 3 is 2.79 bits per heavy atom. The average Bonchev–Trinajstić information content (AvgIpc) is 2.69. The van der Waals surface area contributed by atoms with Gasteiger partial charge in [-0.3, -0.25) is 9.59 Å². The van der Waals surface area contributed by atoms with Crippen molar-refractivity contribution < 1.29 is 14.3 Å². The maximum absolute atomic E-state index is 11.4. The first-order valence-electron chi connectivity index (χ1n) is 4.02. The number of rotatable bonds is 3. The summed E-state index contributed by atoms with van der Waals surface area (Å²) in [5.74, 6) is -0.780. The summed E-state index contributed by atoms with van der Waals surface area (Å²) in [6.45, 7) is 0. The van der Waals surface area contributed by atoms with Crippen molar-refractivity contribution in [3.63, 3.8) is 0 Å². The number of carbonyl (C=O) groups excluding carboxylic acids is 2. The van der Waals surface area contributed by atoms with Crippen LogP contribution in [0.15, 0.2) is 17.5 Å². The zero-order valence-corrected chi connectivity index (χ0v) is 8.84. The van der Waals surface area contributed by atoms with Gasteiger partial charge in [-0.25, -0.2) is 0 Å². The molecule has 0 fully saturated rings. The van der Waals surface area contributed by atoms with E-state index in [4.69, 9.17) is 0 Å². The van der Waals surface area contributed by atoms with Crippen molar-refractivity contribution in [2.75, 3.05) is 19.1 Å². The van der Waals surface area contributed by atoms with Gasteiger partial charge in [-0.05, 0) is 17.5 Å². The fraction of sp³-hybridized carbons (Fsp3) is 0.333. The summed E-state index contributed by atoms with van der Waals surface area (Å²) in [5.41, 5.74) is 0. The summed E-state index contributed by atoms with van der Waals surface area (Å²) in [6, 6.07) is 3.67. The maximum Gasteiger partial charge on any atom is 0.315 e. The monoisotopic (exact) mass is 213 g/mol. The van der Waals surface area contributed by atoms with Crippen LogP contribution < -0.4 is 4.90 Å². The lowest BCUT2D eigenvalue weighted by Crippen LogP contribution is -2.27. The highest BCUT2D eigenvalue weighted by Gasteiger charge is 2.15. The number of thiophene rings is 1. The van der Waals surface area contributed by atoms with Crippen LogP contribution in [0, 0.1) is 0 Å². The molecule has 0 unspecified atom stereocenters. The molecule has 1 heterocycles. The predicted molar refractivity (Wildman–Crippen MR) is 54.4 cm³/mol. The van der Waals surface area contributed by atoms with E-state index in [1.807, 2.05) is 17.5 Å². The molecule has 0 saturated heterocycles. The molecule has 1 aromatic rings. The summed E-state index contributed by atoms with van der Waals surface area (Å²) in [6.07, 6.45) is -0.217. The zero-order chi connectivity index (χ0) is 10.6. The van der Waals surface area contributed by atoms with Crippen molar-refractivity contribution in [2.24, 2.45) is 0 Å². The van der Waals surface area contributed by atoms with Gasteiger partial charge in [0.15, 0.2) is 0 Å². The molecule has 0 aromatic carbocycles. The molecule has 0 saturated carbocycles. The first kappa shape index (κ1) is 10.7. The Hall–Kier alpha value is -1.36. The number of hydrogen-bond acceptors (Lipinski definition) is 4. The van der Waals surface area contributed by atoms with E-state index in [1.165, 1.54) is 23.3 Å². The Bertz CT molecular complexity index is 321. The Morgan fingerprint density at radius 2 is 2.29 bits per heavy atom. The molecule has 5 heteroatoms. The molecule has 14 heavy (non-hydrogen) atoms. The van der Waals surface area contributed by atoms with Crippen molar-refractivity contribution in [3.8, 4) is 0 Å². The third-order valence-electron chi connectivity index (χ3n) is 1.73. The molecular formula is C9H11NO3S. The van der Waals surface area contributed by atoms with E-state index < -0.39 is 5.97 Å². The van der Waals surface area contributed by atoms with Gasteiger partial charge in [-0.2, -0.15) is 0 Å². The van der Waals surface area contributed by atoms with Gasteiger partial charge < -0.3 is 9.64 Å². The molecule has 1 amide bonds. The molecule has 0 bridgehead atoms. The van der Waals surface area contributed by atoms with Gasteiger partial charge in [0.25, 0.3) is 0 Å². The van der Waals surface area contributed by atoms with Crippen molar-refractivity contribution >= 4 is 28.2 Å². The number of amides is 1. The van der Waals surface area contributed by atoms with Gasteiger partial charge >= 0.3 is 5.97 Å². The van der Waals surface area contributed by atoms with Crippen LogP contribution in [0.25, 0.3) is 0 Å². The number of methoxy groups -OCH3 is 1. The SMILES string of the molecule is COC(=O)CC(=O)N(C)c1cccs1. The molecule has 0 aliphatic rings. The zero-order valence-electron chi connectivity index (χ0n) is 8.02. The number of esters is 1. The van der Waals surface area contributed by atoms with Crippen molar-refractivity contribution in [3.05, 3.63) is 17.5 Å². The molecule has 0 N–H and O–H groups in total. The van der Waals surface area contributed by atoms with Crippen LogP contribution in [0.1, 0.15) is 6.42 Å². The van der Waals surface area contributed by atoms with Gasteiger partial charge in [-0.1, -0.05) is 0 Å². The number of nitrogens with zero attached hydrogens (tertiary/aromatic N) is 1. The van der Waals surface area contributed by atoms with Crippen LogP contribution in [-0.4, -0.2) is 26.0 Å². The Morgan fingerprint density at radius 1 is 1.57 bits per heavy atom. The minimum atomic E-state index is -0.515. The number of ether oxygens (including phenoxy) is 1. The number of hydrogen-bond donors (Lipinski definition) is 0. The molecule has 1 aromatic heterocycles. The van der Waals surface area contributed by atoms with Gasteiger partial charge in [0.05, 0.1) is 12.1 Å². The van der Waals surface area contributed by atoms with Gasteiger partial charge in [0.2, 0.25) is 5.91 Å². The van der Waals surface area contributed by atoms with Crippen LogP contribution in [0.5, 0.6) is 0 Å². The number of carbonyl (C=O) groups is 2. The second-order valence-corrected chi connectivity index (χ2v) is 3.58. The second kappa shape index (κ2) is 4.76. The molecule has 0 radical (unpaired) electrons. The van der Waals surface area contributed by atoms with Crippen LogP contribution in [0.2, 0.25) is 0 Å². The molecule has 1 rings (SSSR count). The van der Waals surface area contributed by atoms with Crippen LogP contribution in [0.3, 0.4) is 0 Å². The quantitative estimate of drug-likeness (QED) is 0.561. The third kappa shape index (κ3) is 2.56. The topological polar surface area (TPSA) is 46.6 Å². The molecular weight excluding hydrogens is 202 g/mol. The summed E-state index contributed by atoms with van der Waals surface area (Å²) in [7, 11) is 2.90. The minimum Gasteiger partial charge on any atom is -0.469 e. The van der Waals surface area contributed by atoms with Crippen LogP contribution >= 0.6 is 11.3 Å². The molecule has 0 spiro atoms. The largest absolute Gasteiger partial charge is 0.469 e. The van der Waals surface area contributed by atoms with E-state index in [0.717, 1.165) is 5.00 Å². The first-order valence-corrected chi connectivity index (χ1v) is 4.90. The Balaban J connectivity index is 2.58. The highest BCUT2D eigenvalue weighted by atomic mass is 32.1. The van der Waals surface area contributed by atoms with Crippen LogP contribution in [0.4, 0.5) is 5.00 Å². The first-order chi connectivity index (χ1) is 6.65. The van der Waals surface area contributed by atoms with E-state index in [2.05, 4.69) is 4.74 Å². The molecule has 4 nitrogen and oxygen atoms in total. The summed E-state index contributed by atoms with van der Waals surface area (Å²) >= 11 is 1.45. The predicted octanol–water partition coefficient (Wildman–Crippen LogP) is 1.27. The lowest BCUT2D eigenvalue weighted by atomic mass is 10.4. The van der Waals surface area contributed by atoms with E-state index in [0.29, 0.717) is 0 Å². The Kier molecular flexibility index (Phi) is 3.64. The fourth-order valence-electron chi connectivity index (χ4n) is 0.898. The Labute approximate surface area is 86.1 Å².